The Hall–Kier alpha value is -2.59. The van der Waals surface area contributed by atoms with Crippen LogP contribution < -0.4 is 4.74 Å². The lowest BCUT2D eigenvalue weighted by Gasteiger charge is -2.07. The standard InChI is InChI=1S/C12H10N2O4/c1-7(15)10-5-9(11(17)6-14-13)3-4-12(10)18-8(2)16/h3-6H,1-2H3. The average Bonchev–Trinajstić information content (AvgIpc) is 2.28. The van der Waals surface area contributed by atoms with Gasteiger partial charge in [-0.05, 0) is 25.1 Å². The van der Waals surface area contributed by atoms with Crippen LogP contribution in [0.15, 0.2) is 18.2 Å². The number of nitrogens with zero attached hydrogens (tertiary/aromatic N) is 2. The largest absolute Gasteiger partial charge is 0.426 e. The highest BCUT2D eigenvalue weighted by molar-refractivity contribution is 6.33. The van der Waals surface area contributed by atoms with Crippen LogP contribution in [0, 0.1) is 0 Å². The van der Waals surface area contributed by atoms with Crippen LogP contribution in [-0.4, -0.2) is 28.5 Å². The fourth-order valence-corrected chi connectivity index (χ4v) is 1.33. The van der Waals surface area contributed by atoms with E-state index < -0.39 is 11.8 Å². The lowest BCUT2D eigenvalue weighted by atomic mass is 10.0. The van der Waals surface area contributed by atoms with Crippen molar-refractivity contribution < 1.29 is 23.9 Å². The van der Waals surface area contributed by atoms with Crippen molar-refractivity contribution in [3.63, 3.8) is 0 Å². The molecule has 6 nitrogen and oxygen atoms in total. The van der Waals surface area contributed by atoms with E-state index >= 15 is 0 Å². The maximum atomic E-state index is 11.4. The first-order valence-corrected chi connectivity index (χ1v) is 5.01. The molecule has 18 heavy (non-hydrogen) atoms. The molecule has 0 fully saturated rings. The number of rotatable bonds is 4. The Bertz CT molecular complexity index is 571. The van der Waals surface area contributed by atoms with E-state index in [1.807, 2.05) is 0 Å². The number of hydrogen-bond acceptors (Lipinski definition) is 4. The Morgan fingerprint density at radius 2 is 1.94 bits per heavy atom. The zero-order valence-corrected chi connectivity index (χ0v) is 9.84. The molecule has 0 aliphatic carbocycles. The van der Waals surface area contributed by atoms with Crippen LogP contribution in [0.2, 0.25) is 0 Å². The molecule has 0 aliphatic heterocycles. The van der Waals surface area contributed by atoms with Gasteiger partial charge in [-0.3, -0.25) is 14.4 Å². The molecule has 0 unspecified atom stereocenters. The Morgan fingerprint density at radius 3 is 2.44 bits per heavy atom. The monoisotopic (exact) mass is 246 g/mol. The van der Waals surface area contributed by atoms with Gasteiger partial charge >= 0.3 is 12.2 Å². The highest BCUT2D eigenvalue weighted by Crippen LogP contribution is 2.21. The van der Waals surface area contributed by atoms with Gasteiger partial charge in [-0.2, -0.15) is 4.79 Å². The first kappa shape index (κ1) is 13.5. The summed E-state index contributed by atoms with van der Waals surface area (Å²) in [6.45, 7) is 2.50. The number of benzene rings is 1. The van der Waals surface area contributed by atoms with Gasteiger partial charge in [-0.1, -0.05) is 0 Å². The smallest absolute Gasteiger partial charge is 0.328 e. The van der Waals surface area contributed by atoms with E-state index in [1.165, 1.54) is 32.0 Å². The molecule has 0 radical (unpaired) electrons. The van der Waals surface area contributed by atoms with Crippen molar-refractivity contribution >= 4 is 23.8 Å². The molecule has 0 spiro atoms. The molecule has 0 saturated heterocycles. The summed E-state index contributed by atoms with van der Waals surface area (Å²) in [4.78, 5) is 36.3. The van der Waals surface area contributed by atoms with Gasteiger partial charge in [0, 0.05) is 12.5 Å². The number of esters is 1. The Balaban J connectivity index is 3.26. The number of ketones is 2. The number of Topliss-reactive ketones (excluding diaryl/α,β-unsaturated/α-hetero) is 2. The topological polar surface area (TPSA) is 96.8 Å². The highest BCUT2D eigenvalue weighted by atomic mass is 16.5. The fraction of sp³-hybridized carbons (Fsp3) is 0.167. The van der Waals surface area contributed by atoms with E-state index in [9.17, 15) is 14.4 Å². The normalized spacial score (nSPS) is 9.22. The Labute approximate surface area is 103 Å². The van der Waals surface area contributed by atoms with Crippen molar-refractivity contribution in [2.75, 3.05) is 0 Å². The van der Waals surface area contributed by atoms with Crippen LogP contribution in [0.25, 0.3) is 5.53 Å². The molecule has 92 valence electrons. The minimum absolute atomic E-state index is 0.0903. The van der Waals surface area contributed by atoms with Gasteiger partial charge in [-0.25, -0.2) is 0 Å². The second-order valence-electron chi connectivity index (χ2n) is 3.47. The Morgan fingerprint density at radius 1 is 1.28 bits per heavy atom. The van der Waals surface area contributed by atoms with Gasteiger partial charge < -0.3 is 10.3 Å². The summed E-state index contributed by atoms with van der Waals surface area (Å²) in [7, 11) is 0. The molecular weight excluding hydrogens is 236 g/mol. The third kappa shape index (κ3) is 3.20. The number of carbonyl (C=O) groups excluding carboxylic acids is 3. The quantitative estimate of drug-likeness (QED) is 0.200. The summed E-state index contributed by atoms with van der Waals surface area (Å²) in [5.41, 5.74) is 8.54. The molecule has 0 saturated carbocycles. The molecule has 0 atom stereocenters. The van der Waals surface area contributed by atoms with Gasteiger partial charge in [-0.15, -0.1) is 0 Å². The van der Waals surface area contributed by atoms with E-state index in [0.29, 0.717) is 6.21 Å². The minimum atomic E-state index is -0.562. The molecule has 6 heteroatoms. The van der Waals surface area contributed by atoms with Crippen LogP contribution in [0.5, 0.6) is 5.75 Å². The van der Waals surface area contributed by atoms with Crippen molar-refractivity contribution in [2.45, 2.75) is 13.8 Å². The highest BCUT2D eigenvalue weighted by Gasteiger charge is 2.15. The first-order chi connectivity index (χ1) is 8.45. The second kappa shape index (κ2) is 5.65. The van der Waals surface area contributed by atoms with E-state index in [2.05, 4.69) is 4.79 Å². The maximum absolute atomic E-state index is 11.4. The molecule has 0 aliphatic rings. The summed E-state index contributed by atoms with van der Waals surface area (Å²) in [5.74, 6) is -1.38. The van der Waals surface area contributed by atoms with Gasteiger partial charge in [0.2, 0.25) is 0 Å². The van der Waals surface area contributed by atoms with E-state index in [0.717, 1.165) is 0 Å². The molecule has 0 bridgehead atoms. The summed E-state index contributed by atoms with van der Waals surface area (Å²) in [6, 6.07) is 4.00. The lowest BCUT2D eigenvalue weighted by Crippen LogP contribution is -2.08. The zero-order valence-electron chi connectivity index (χ0n) is 9.84. The lowest BCUT2D eigenvalue weighted by molar-refractivity contribution is -0.131. The SMILES string of the molecule is CC(=O)Oc1ccc(C(=O)C=[N+]=[N-])cc1C(C)=O. The fourth-order valence-electron chi connectivity index (χ4n) is 1.33. The number of carbonyl (C=O) groups is 3. The van der Waals surface area contributed by atoms with Gasteiger partial charge in [0.05, 0.1) is 5.56 Å². The van der Waals surface area contributed by atoms with E-state index in [4.69, 9.17) is 10.3 Å². The average molecular weight is 246 g/mol. The van der Waals surface area contributed by atoms with Gasteiger partial charge in [0.15, 0.2) is 5.78 Å². The van der Waals surface area contributed by atoms with Crippen molar-refractivity contribution in [3.8, 4) is 5.75 Å². The van der Waals surface area contributed by atoms with E-state index in [-0.39, 0.29) is 22.7 Å². The van der Waals surface area contributed by atoms with Crippen molar-refractivity contribution in [1.29, 1.82) is 0 Å². The van der Waals surface area contributed by atoms with E-state index in [1.54, 1.807) is 0 Å². The van der Waals surface area contributed by atoms with Crippen molar-refractivity contribution in [3.05, 3.63) is 34.9 Å². The summed E-state index contributed by atoms with van der Waals surface area (Å²) in [5, 5.41) is 0. The van der Waals surface area contributed by atoms with Crippen LogP contribution in [0.4, 0.5) is 0 Å². The molecule has 0 aromatic heterocycles. The molecular formula is C12H10N2O4. The summed E-state index contributed by atoms with van der Waals surface area (Å²) in [6.07, 6.45) is 0.713. The first-order valence-electron chi connectivity index (χ1n) is 5.01. The third-order valence-corrected chi connectivity index (χ3v) is 2.07. The molecule has 0 N–H and O–H groups in total. The van der Waals surface area contributed by atoms with Crippen LogP contribution >= 0.6 is 0 Å². The molecule has 1 aromatic carbocycles. The number of hydrogen-bond donors (Lipinski definition) is 0. The molecule has 0 heterocycles. The molecule has 0 amide bonds. The minimum Gasteiger partial charge on any atom is -0.426 e. The second-order valence-corrected chi connectivity index (χ2v) is 3.47. The van der Waals surface area contributed by atoms with Gasteiger partial charge in [0.1, 0.15) is 5.75 Å². The van der Waals surface area contributed by atoms with Crippen LogP contribution in [0.3, 0.4) is 0 Å². The summed E-state index contributed by atoms with van der Waals surface area (Å²) < 4.78 is 4.85. The van der Waals surface area contributed by atoms with Crippen molar-refractivity contribution in [2.24, 2.45) is 0 Å². The van der Waals surface area contributed by atoms with Crippen LogP contribution in [0.1, 0.15) is 34.6 Å². The molecule has 1 rings (SSSR count). The zero-order chi connectivity index (χ0) is 13.7. The third-order valence-electron chi connectivity index (χ3n) is 2.07. The molecule has 1 aromatic rings. The maximum Gasteiger partial charge on any atom is 0.328 e. The van der Waals surface area contributed by atoms with Crippen molar-refractivity contribution in [1.82, 2.24) is 0 Å². The Kier molecular flexibility index (Phi) is 4.23. The van der Waals surface area contributed by atoms with Crippen LogP contribution in [-0.2, 0) is 4.79 Å². The van der Waals surface area contributed by atoms with Gasteiger partial charge in [0.25, 0.3) is 5.78 Å². The predicted octanol–water partition coefficient (Wildman–Crippen LogP) is 1.30. The summed E-state index contributed by atoms with van der Waals surface area (Å²) >= 11 is 0. The predicted molar refractivity (Wildman–Crippen MR) is 61.8 cm³/mol. The number of ether oxygens (including phenoxy) is 1.